The number of fused-ring (bicyclic) bond motifs is 1. The fourth-order valence-corrected chi connectivity index (χ4v) is 4.25. The van der Waals surface area contributed by atoms with Gasteiger partial charge in [-0.2, -0.15) is 0 Å². The summed E-state index contributed by atoms with van der Waals surface area (Å²) in [5, 5.41) is 3.50. The summed E-state index contributed by atoms with van der Waals surface area (Å²) in [5.74, 6) is 0.130. The van der Waals surface area contributed by atoms with Gasteiger partial charge in [0.15, 0.2) is 11.0 Å². The van der Waals surface area contributed by atoms with Crippen LogP contribution >= 0.6 is 11.6 Å². The quantitative estimate of drug-likeness (QED) is 0.845. The molecule has 1 aliphatic rings. The number of nitrogens with one attached hydrogen (secondary N) is 1. The lowest BCUT2D eigenvalue weighted by atomic mass is 10.1. The molecule has 3 rings (SSSR count). The molecule has 27 heavy (non-hydrogen) atoms. The van der Waals surface area contributed by atoms with Crippen LogP contribution in [0.4, 0.5) is 5.69 Å². The van der Waals surface area contributed by atoms with E-state index in [0.717, 1.165) is 5.56 Å². The highest BCUT2D eigenvalue weighted by Gasteiger charge is 2.27. The average molecular weight is 408 g/mol. The molecule has 144 valence electrons. The van der Waals surface area contributed by atoms with Crippen LogP contribution in [0, 0.1) is 6.92 Å². The Hall–Kier alpha value is -2.12. The molecule has 1 aromatic heterocycles. The minimum Gasteiger partial charge on any atom is -0.474 e. The summed E-state index contributed by atoms with van der Waals surface area (Å²) in [4.78, 5) is 17.4. The standard InChI is InChI=1S/C19H22ClN3O3S/c1-12-9-14(20)5-6-16(12)27(25)23-7-8-26-18-15(23)10-13(11-21-18)17(24)22-19(2,3)4/h5-6,9-11H,7-8H2,1-4H3,(H,22,24). The van der Waals surface area contributed by atoms with Crippen LogP contribution in [-0.4, -0.2) is 33.8 Å². The van der Waals surface area contributed by atoms with Crippen LogP contribution < -0.4 is 14.4 Å². The molecule has 0 saturated carbocycles. The summed E-state index contributed by atoms with van der Waals surface area (Å²) < 4.78 is 20.5. The Labute approximate surface area is 166 Å². The Balaban J connectivity index is 1.96. The van der Waals surface area contributed by atoms with Crippen molar-refractivity contribution in [1.29, 1.82) is 0 Å². The number of carbonyl (C=O) groups is 1. The second-order valence-electron chi connectivity index (χ2n) is 7.36. The third kappa shape index (κ3) is 4.42. The summed E-state index contributed by atoms with van der Waals surface area (Å²) in [5.41, 5.74) is 1.40. The molecular weight excluding hydrogens is 386 g/mol. The van der Waals surface area contributed by atoms with Crippen LogP contribution in [0.1, 0.15) is 36.7 Å². The largest absolute Gasteiger partial charge is 0.474 e. The van der Waals surface area contributed by atoms with Crippen molar-refractivity contribution in [3.63, 3.8) is 0 Å². The van der Waals surface area contributed by atoms with Gasteiger partial charge in [0, 0.05) is 16.8 Å². The van der Waals surface area contributed by atoms with E-state index in [2.05, 4.69) is 10.3 Å². The molecule has 2 aromatic rings. The fraction of sp³-hybridized carbons (Fsp3) is 0.368. The molecule has 8 heteroatoms. The maximum atomic E-state index is 13.2. The molecule has 0 spiro atoms. The van der Waals surface area contributed by atoms with E-state index in [1.807, 2.05) is 27.7 Å². The molecule has 0 radical (unpaired) electrons. The zero-order valence-electron chi connectivity index (χ0n) is 15.7. The van der Waals surface area contributed by atoms with Gasteiger partial charge in [-0.05, 0) is 57.5 Å². The first kappa shape index (κ1) is 19.6. The second kappa shape index (κ2) is 7.48. The van der Waals surface area contributed by atoms with Crippen LogP contribution in [0.2, 0.25) is 5.02 Å². The van der Waals surface area contributed by atoms with Gasteiger partial charge in [0.25, 0.3) is 5.91 Å². The van der Waals surface area contributed by atoms with E-state index in [1.165, 1.54) is 6.20 Å². The monoisotopic (exact) mass is 407 g/mol. The van der Waals surface area contributed by atoms with E-state index >= 15 is 0 Å². The van der Waals surface area contributed by atoms with Crippen molar-refractivity contribution >= 4 is 34.2 Å². The van der Waals surface area contributed by atoms with E-state index < -0.39 is 11.0 Å². The normalized spacial score (nSPS) is 14.9. The van der Waals surface area contributed by atoms with E-state index in [4.69, 9.17) is 16.3 Å². The first-order valence-corrected chi connectivity index (χ1v) is 10.0. The molecule has 1 amide bonds. The van der Waals surface area contributed by atoms with E-state index in [9.17, 15) is 9.00 Å². The van der Waals surface area contributed by atoms with Crippen molar-refractivity contribution in [2.24, 2.45) is 0 Å². The van der Waals surface area contributed by atoms with Crippen molar-refractivity contribution in [2.45, 2.75) is 38.1 Å². The van der Waals surface area contributed by atoms with Gasteiger partial charge in [0.1, 0.15) is 12.3 Å². The molecule has 2 heterocycles. The van der Waals surface area contributed by atoms with Gasteiger partial charge in [-0.25, -0.2) is 9.19 Å². The zero-order valence-corrected chi connectivity index (χ0v) is 17.3. The van der Waals surface area contributed by atoms with Gasteiger partial charge >= 0.3 is 0 Å². The molecular formula is C19H22ClN3O3S. The second-order valence-corrected chi connectivity index (χ2v) is 9.18. The smallest absolute Gasteiger partial charge is 0.253 e. The Morgan fingerprint density at radius 1 is 1.33 bits per heavy atom. The number of anilines is 1. The lowest BCUT2D eigenvalue weighted by Gasteiger charge is -2.30. The summed E-state index contributed by atoms with van der Waals surface area (Å²) in [7, 11) is -1.47. The van der Waals surface area contributed by atoms with E-state index in [1.54, 1.807) is 28.6 Å². The predicted octanol–water partition coefficient (Wildman–Crippen LogP) is 3.49. The molecule has 1 atom stereocenters. The maximum absolute atomic E-state index is 13.2. The number of ether oxygens (including phenoxy) is 1. The molecule has 1 unspecified atom stereocenters. The Morgan fingerprint density at radius 3 is 2.74 bits per heavy atom. The number of pyridine rings is 1. The van der Waals surface area contributed by atoms with Gasteiger partial charge in [-0.3, -0.25) is 9.10 Å². The highest BCUT2D eigenvalue weighted by Crippen LogP contribution is 2.33. The number of hydrogen-bond acceptors (Lipinski definition) is 4. The summed E-state index contributed by atoms with van der Waals surface area (Å²) in [6.45, 7) is 8.38. The fourth-order valence-electron chi connectivity index (χ4n) is 2.71. The molecule has 0 fully saturated rings. The van der Waals surface area contributed by atoms with Crippen LogP contribution in [0.3, 0.4) is 0 Å². The van der Waals surface area contributed by atoms with Gasteiger partial charge in [0.05, 0.1) is 17.0 Å². The van der Waals surface area contributed by atoms with E-state index in [0.29, 0.717) is 40.2 Å². The SMILES string of the molecule is Cc1cc(Cl)ccc1S(=O)N1CCOc2ncc(C(=O)NC(C)(C)C)cc21. The number of rotatable bonds is 3. The third-order valence-corrected chi connectivity index (χ3v) is 5.76. The molecule has 0 bridgehead atoms. The number of halogens is 1. The molecule has 1 N–H and O–H groups in total. The number of amides is 1. The van der Waals surface area contributed by atoms with Crippen LogP contribution in [0.5, 0.6) is 5.88 Å². The number of nitrogens with zero attached hydrogens (tertiary/aromatic N) is 2. The summed E-state index contributed by atoms with van der Waals surface area (Å²) >= 11 is 6.01. The Bertz CT molecular complexity index is 912. The minimum atomic E-state index is -1.47. The first-order valence-electron chi connectivity index (χ1n) is 8.56. The number of aryl methyl sites for hydroxylation is 1. The number of benzene rings is 1. The minimum absolute atomic E-state index is 0.239. The van der Waals surface area contributed by atoms with Crippen molar-refractivity contribution < 1.29 is 13.7 Å². The third-order valence-electron chi connectivity index (χ3n) is 3.91. The van der Waals surface area contributed by atoms with Crippen LogP contribution in [0.25, 0.3) is 0 Å². The van der Waals surface area contributed by atoms with Crippen molar-refractivity contribution in [3.05, 3.63) is 46.6 Å². The van der Waals surface area contributed by atoms with Crippen molar-refractivity contribution in [3.8, 4) is 5.88 Å². The Kier molecular flexibility index (Phi) is 5.44. The average Bonchev–Trinajstić information content (AvgIpc) is 2.58. The first-order chi connectivity index (χ1) is 12.7. The maximum Gasteiger partial charge on any atom is 0.253 e. The lowest BCUT2D eigenvalue weighted by Crippen LogP contribution is -2.41. The van der Waals surface area contributed by atoms with Gasteiger partial charge in [-0.15, -0.1) is 0 Å². The van der Waals surface area contributed by atoms with Gasteiger partial charge in [0.2, 0.25) is 5.88 Å². The highest BCUT2D eigenvalue weighted by atomic mass is 35.5. The highest BCUT2D eigenvalue weighted by molar-refractivity contribution is 7.86. The zero-order chi connectivity index (χ0) is 19.8. The van der Waals surface area contributed by atoms with E-state index in [-0.39, 0.29) is 11.4 Å². The van der Waals surface area contributed by atoms with Crippen LogP contribution in [-0.2, 0) is 11.0 Å². The summed E-state index contributed by atoms with van der Waals surface area (Å²) in [6, 6.07) is 6.93. The predicted molar refractivity (Wildman–Crippen MR) is 107 cm³/mol. The molecule has 1 aromatic carbocycles. The van der Waals surface area contributed by atoms with Gasteiger partial charge in [-0.1, -0.05) is 11.6 Å². The Morgan fingerprint density at radius 2 is 2.07 bits per heavy atom. The molecule has 1 aliphatic heterocycles. The van der Waals surface area contributed by atoms with Crippen molar-refractivity contribution in [1.82, 2.24) is 10.3 Å². The number of aromatic nitrogens is 1. The molecule has 0 aliphatic carbocycles. The topological polar surface area (TPSA) is 71.5 Å². The van der Waals surface area contributed by atoms with Crippen LogP contribution in [0.15, 0.2) is 35.4 Å². The number of hydrogen-bond donors (Lipinski definition) is 1. The lowest BCUT2D eigenvalue weighted by molar-refractivity contribution is 0.0919. The number of carbonyl (C=O) groups excluding carboxylic acids is 1. The molecule has 0 saturated heterocycles. The van der Waals surface area contributed by atoms with Crippen molar-refractivity contribution in [2.75, 3.05) is 17.5 Å². The van der Waals surface area contributed by atoms with Gasteiger partial charge < -0.3 is 10.1 Å². The molecule has 6 nitrogen and oxygen atoms in total. The summed E-state index contributed by atoms with van der Waals surface area (Å²) in [6.07, 6.45) is 1.47.